The van der Waals surface area contributed by atoms with Gasteiger partial charge in [0.05, 0.1) is 10.9 Å². The van der Waals surface area contributed by atoms with Crippen LogP contribution in [0.25, 0.3) is 10.4 Å². The number of rotatable bonds is 9. The minimum absolute atomic E-state index is 0.0850. The van der Waals surface area contributed by atoms with Crippen LogP contribution in [0.4, 0.5) is 10.5 Å². The van der Waals surface area contributed by atoms with Crippen molar-refractivity contribution in [2.24, 2.45) is 5.92 Å². The maximum Gasteiger partial charge on any atom is 0.324 e. The highest BCUT2D eigenvalue weighted by molar-refractivity contribution is 7.19. The van der Waals surface area contributed by atoms with Gasteiger partial charge in [0.15, 0.2) is 0 Å². The van der Waals surface area contributed by atoms with E-state index in [1.807, 2.05) is 46.2 Å². The minimum atomic E-state index is 0.0850. The van der Waals surface area contributed by atoms with Crippen LogP contribution in [0.1, 0.15) is 19.8 Å². The van der Waals surface area contributed by atoms with E-state index >= 15 is 0 Å². The number of thiophene rings is 1. The summed E-state index contributed by atoms with van der Waals surface area (Å²) in [5.41, 5.74) is 2.06. The Morgan fingerprint density at radius 2 is 1.84 bits per heavy atom. The molecule has 4 rings (SSSR count). The number of carbonyl (C=O) groups excluding carboxylic acids is 1. The monoisotopic (exact) mass is 455 g/mol. The van der Waals surface area contributed by atoms with Gasteiger partial charge in [0.1, 0.15) is 5.75 Å². The second-order valence-corrected chi connectivity index (χ2v) is 9.50. The third-order valence-corrected chi connectivity index (χ3v) is 6.83. The molecule has 0 bridgehead atoms. The molecule has 1 aliphatic heterocycles. The smallest absolute Gasteiger partial charge is 0.324 e. The average Bonchev–Trinajstić information content (AvgIpc) is 3.39. The van der Waals surface area contributed by atoms with Gasteiger partial charge in [-0.05, 0) is 72.9 Å². The van der Waals surface area contributed by atoms with Crippen molar-refractivity contribution in [1.29, 1.82) is 0 Å². The maximum atomic E-state index is 12.6. The second-order valence-electron chi connectivity index (χ2n) is 7.79. The van der Waals surface area contributed by atoms with Crippen LogP contribution in [0.3, 0.4) is 0 Å². The zero-order valence-electron chi connectivity index (χ0n) is 17.5. The van der Waals surface area contributed by atoms with Gasteiger partial charge in [0.2, 0.25) is 0 Å². The molecule has 5 nitrogen and oxygen atoms in total. The Morgan fingerprint density at radius 1 is 1.06 bits per heavy atom. The molecule has 162 valence electrons. The summed E-state index contributed by atoms with van der Waals surface area (Å²) in [7, 11) is 0. The fraction of sp³-hybridized carbons (Fsp3) is 0.333. The predicted octanol–water partition coefficient (Wildman–Crippen LogP) is 6.20. The molecule has 2 aromatic heterocycles. The third-order valence-electron chi connectivity index (χ3n) is 5.55. The highest BCUT2D eigenvalue weighted by Crippen LogP contribution is 2.32. The lowest BCUT2D eigenvalue weighted by molar-refractivity contribution is 0.214. The second kappa shape index (κ2) is 10.2. The van der Waals surface area contributed by atoms with Gasteiger partial charge in [-0.3, -0.25) is 9.88 Å². The molecule has 0 saturated carbocycles. The zero-order chi connectivity index (χ0) is 21.6. The van der Waals surface area contributed by atoms with Crippen LogP contribution in [0, 0.1) is 5.92 Å². The molecule has 1 aliphatic rings. The van der Waals surface area contributed by atoms with Crippen molar-refractivity contribution in [2.45, 2.75) is 19.8 Å². The molecule has 2 amide bonds. The van der Waals surface area contributed by atoms with Gasteiger partial charge in [-0.2, -0.15) is 0 Å². The van der Waals surface area contributed by atoms with Crippen molar-refractivity contribution in [3.8, 4) is 16.2 Å². The normalized spacial score (nSPS) is 14.8. The molecule has 7 heteroatoms. The SMILES string of the molecule is CC(CCOc1ccc(-c2ccc(Cl)s2)cc1)CCN1CCN(c2ccncc2)C1=O. The summed E-state index contributed by atoms with van der Waals surface area (Å²) in [5, 5.41) is 0. The number of anilines is 1. The molecule has 1 aromatic carbocycles. The van der Waals surface area contributed by atoms with Crippen LogP contribution in [0.15, 0.2) is 60.9 Å². The number of carbonyl (C=O) groups is 1. The van der Waals surface area contributed by atoms with Crippen molar-refractivity contribution >= 4 is 34.7 Å². The van der Waals surface area contributed by atoms with E-state index in [-0.39, 0.29) is 6.03 Å². The van der Waals surface area contributed by atoms with Crippen LogP contribution < -0.4 is 9.64 Å². The Hall–Kier alpha value is -2.57. The number of hydrogen-bond acceptors (Lipinski definition) is 4. The Kier molecular flexibility index (Phi) is 7.10. The third kappa shape index (κ3) is 5.57. The Labute approximate surface area is 192 Å². The summed E-state index contributed by atoms with van der Waals surface area (Å²) >= 11 is 7.59. The quantitative estimate of drug-likeness (QED) is 0.385. The molecule has 0 aliphatic carbocycles. The van der Waals surface area contributed by atoms with Crippen molar-refractivity contribution in [3.63, 3.8) is 0 Å². The largest absolute Gasteiger partial charge is 0.494 e. The first-order valence-electron chi connectivity index (χ1n) is 10.5. The molecular weight excluding hydrogens is 430 g/mol. The van der Waals surface area contributed by atoms with Crippen LogP contribution in [-0.4, -0.2) is 42.2 Å². The van der Waals surface area contributed by atoms with E-state index in [2.05, 4.69) is 24.0 Å². The molecule has 3 aromatic rings. The molecule has 0 spiro atoms. The number of halogens is 1. The topological polar surface area (TPSA) is 45.7 Å². The molecule has 1 fully saturated rings. The summed E-state index contributed by atoms with van der Waals surface area (Å²) < 4.78 is 6.72. The average molecular weight is 456 g/mol. The lowest BCUT2D eigenvalue weighted by Gasteiger charge is -2.20. The summed E-state index contributed by atoms with van der Waals surface area (Å²) in [6, 6.07) is 15.9. The summed E-state index contributed by atoms with van der Waals surface area (Å²) in [5.74, 6) is 1.36. The first kappa shape index (κ1) is 21.7. The maximum absolute atomic E-state index is 12.6. The van der Waals surface area contributed by atoms with Crippen molar-refractivity contribution in [2.75, 3.05) is 31.1 Å². The number of benzene rings is 1. The van der Waals surface area contributed by atoms with Crippen molar-refractivity contribution < 1.29 is 9.53 Å². The number of nitrogens with zero attached hydrogens (tertiary/aromatic N) is 3. The number of hydrogen-bond donors (Lipinski definition) is 0. The molecule has 1 unspecified atom stereocenters. The first-order valence-corrected chi connectivity index (χ1v) is 11.7. The van der Waals surface area contributed by atoms with Crippen LogP contribution in [-0.2, 0) is 0 Å². The van der Waals surface area contributed by atoms with Gasteiger partial charge >= 0.3 is 6.03 Å². The minimum Gasteiger partial charge on any atom is -0.494 e. The zero-order valence-corrected chi connectivity index (χ0v) is 19.1. The molecule has 31 heavy (non-hydrogen) atoms. The Bertz CT molecular complexity index is 994. The van der Waals surface area contributed by atoms with E-state index in [9.17, 15) is 4.79 Å². The van der Waals surface area contributed by atoms with Gasteiger partial charge in [0, 0.05) is 42.6 Å². The summed E-state index contributed by atoms with van der Waals surface area (Å²) in [4.78, 5) is 21.6. The van der Waals surface area contributed by atoms with E-state index < -0.39 is 0 Å². The summed E-state index contributed by atoms with van der Waals surface area (Å²) in [6.45, 7) is 5.16. The van der Waals surface area contributed by atoms with Gasteiger partial charge in [-0.25, -0.2) is 4.79 Å². The lowest BCUT2D eigenvalue weighted by atomic mass is 10.0. The molecule has 3 heterocycles. The molecule has 0 N–H and O–H groups in total. The Morgan fingerprint density at radius 3 is 2.55 bits per heavy atom. The highest BCUT2D eigenvalue weighted by atomic mass is 35.5. The standard InChI is InChI=1S/C24H26ClN3O2S/c1-18(10-14-27-15-16-28(24(27)29)20-8-12-26-13-9-20)11-17-30-21-4-2-19(3-5-21)22-6-7-23(25)31-22/h2-9,12-13,18H,10-11,14-17H2,1H3. The lowest BCUT2D eigenvalue weighted by Crippen LogP contribution is -2.33. The van der Waals surface area contributed by atoms with Gasteiger partial charge in [-0.15, -0.1) is 11.3 Å². The van der Waals surface area contributed by atoms with Crippen LogP contribution >= 0.6 is 22.9 Å². The highest BCUT2D eigenvalue weighted by Gasteiger charge is 2.29. The molecule has 1 saturated heterocycles. The van der Waals surface area contributed by atoms with Gasteiger partial charge in [0.25, 0.3) is 0 Å². The fourth-order valence-electron chi connectivity index (χ4n) is 3.64. The number of amides is 2. The van der Waals surface area contributed by atoms with Crippen LogP contribution in [0.5, 0.6) is 5.75 Å². The van der Waals surface area contributed by atoms with Crippen molar-refractivity contribution in [1.82, 2.24) is 9.88 Å². The Balaban J connectivity index is 1.18. The fourth-order valence-corrected chi connectivity index (χ4v) is 4.69. The molecular formula is C24H26ClN3O2S. The van der Waals surface area contributed by atoms with Gasteiger partial charge < -0.3 is 9.64 Å². The molecule has 1 atom stereocenters. The summed E-state index contributed by atoms with van der Waals surface area (Å²) in [6.07, 6.45) is 5.37. The number of pyridine rings is 1. The van der Waals surface area contributed by atoms with E-state index in [4.69, 9.17) is 16.3 Å². The van der Waals surface area contributed by atoms with Crippen LogP contribution in [0.2, 0.25) is 4.34 Å². The van der Waals surface area contributed by atoms with E-state index in [0.717, 1.165) is 58.7 Å². The van der Waals surface area contributed by atoms with E-state index in [1.54, 1.807) is 23.7 Å². The molecule has 0 radical (unpaired) electrons. The number of aromatic nitrogens is 1. The number of urea groups is 1. The van der Waals surface area contributed by atoms with E-state index in [0.29, 0.717) is 12.5 Å². The van der Waals surface area contributed by atoms with Crippen molar-refractivity contribution in [3.05, 3.63) is 65.3 Å². The predicted molar refractivity (Wildman–Crippen MR) is 127 cm³/mol. The van der Waals surface area contributed by atoms with E-state index in [1.165, 1.54) is 0 Å². The number of ether oxygens (including phenoxy) is 1. The first-order chi connectivity index (χ1) is 15.1. The van der Waals surface area contributed by atoms with Gasteiger partial charge in [-0.1, -0.05) is 18.5 Å².